The number of nitrogens with zero attached hydrogens (tertiary/aromatic N) is 4. The number of carbonyl (C=O) groups is 2. The lowest BCUT2D eigenvalue weighted by Gasteiger charge is -2.32. The van der Waals surface area contributed by atoms with Crippen LogP contribution in [0.3, 0.4) is 0 Å². The summed E-state index contributed by atoms with van der Waals surface area (Å²) >= 11 is 7.43. The zero-order valence-corrected chi connectivity index (χ0v) is 23.1. The van der Waals surface area contributed by atoms with Crippen molar-refractivity contribution >= 4 is 56.5 Å². The van der Waals surface area contributed by atoms with Crippen LogP contribution in [-0.2, 0) is 23.3 Å². The van der Waals surface area contributed by atoms with Crippen LogP contribution < -0.4 is 15.2 Å². The number of para-hydroxylation sites is 1. The van der Waals surface area contributed by atoms with Gasteiger partial charge < -0.3 is 9.32 Å². The monoisotopic (exact) mass is 586 g/mol. The number of amides is 2. The number of fused-ring (bicyclic) bond motifs is 5. The van der Waals surface area contributed by atoms with Gasteiger partial charge in [-0.1, -0.05) is 60.2 Å². The summed E-state index contributed by atoms with van der Waals surface area (Å²) in [5.41, 5.74) is -0.747. The van der Waals surface area contributed by atoms with Crippen LogP contribution in [-0.4, -0.2) is 22.0 Å². The highest BCUT2D eigenvalue weighted by atomic mass is 35.5. The third kappa shape index (κ3) is 3.60. The fourth-order valence-corrected chi connectivity index (χ4v) is 6.88. The van der Waals surface area contributed by atoms with Gasteiger partial charge in [-0.25, -0.2) is 4.39 Å². The summed E-state index contributed by atoms with van der Waals surface area (Å²) < 4.78 is 19.7. The Morgan fingerprint density at radius 1 is 1.02 bits per heavy atom. The molecule has 1 unspecified atom stereocenters. The number of rotatable bonds is 5. The third-order valence-corrected chi connectivity index (χ3v) is 8.65. The van der Waals surface area contributed by atoms with Gasteiger partial charge in [0, 0.05) is 17.0 Å². The van der Waals surface area contributed by atoms with Gasteiger partial charge in [-0.2, -0.15) is 0 Å². The first kappa shape index (κ1) is 25.6. The predicted molar refractivity (Wildman–Crippen MR) is 153 cm³/mol. The maximum atomic E-state index is 14.8. The van der Waals surface area contributed by atoms with Crippen LogP contribution in [0.25, 0.3) is 11.0 Å². The molecule has 2 aliphatic heterocycles. The van der Waals surface area contributed by atoms with Crippen molar-refractivity contribution in [1.82, 2.24) is 10.2 Å². The predicted octanol–water partition coefficient (Wildman–Crippen LogP) is 5.84. The first-order valence-electron chi connectivity index (χ1n) is 12.9. The normalized spacial score (nSPS) is 17.6. The van der Waals surface area contributed by atoms with E-state index in [0.717, 1.165) is 6.42 Å². The van der Waals surface area contributed by atoms with E-state index in [9.17, 15) is 18.8 Å². The molecule has 1 spiro atoms. The number of aryl methyl sites for hydroxylation is 1. The maximum Gasteiger partial charge on any atom is 0.297 e. The molecule has 3 aromatic carbocycles. The van der Waals surface area contributed by atoms with Gasteiger partial charge in [0.25, 0.3) is 11.8 Å². The van der Waals surface area contributed by atoms with E-state index < -0.39 is 28.6 Å². The van der Waals surface area contributed by atoms with Crippen LogP contribution in [0.15, 0.2) is 75.9 Å². The van der Waals surface area contributed by atoms with Crippen molar-refractivity contribution in [2.75, 3.05) is 9.80 Å². The Labute approximate surface area is 241 Å². The Balaban J connectivity index is 1.53. The van der Waals surface area contributed by atoms with E-state index in [0.29, 0.717) is 33.3 Å². The van der Waals surface area contributed by atoms with Crippen molar-refractivity contribution in [3.8, 4) is 0 Å². The van der Waals surface area contributed by atoms with Crippen molar-refractivity contribution in [2.45, 2.75) is 31.8 Å². The van der Waals surface area contributed by atoms with Crippen molar-refractivity contribution in [3.05, 3.63) is 115 Å². The molecule has 204 valence electrons. The Morgan fingerprint density at radius 2 is 1.80 bits per heavy atom. The molecule has 11 heteroatoms. The quantitative estimate of drug-likeness (QED) is 0.257. The molecule has 2 amide bonds. The molecule has 0 saturated heterocycles. The zero-order valence-electron chi connectivity index (χ0n) is 21.6. The van der Waals surface area contributed by atoms with E-state index in [1.165, 1.54) is 45.4 Å². The smallest absolute Gasteiger partial charge is 0.297 e. The molecule has 0 bridgehead atoms. The summed E-state index contributed by atoms with van der Waals surface area (Å²) in [4.78, 5) is 46.1. The number of aromatic nitrogens is 2. The average Bonchev–Trinajstić information content (AvgIpc) is 3.60. The van der Waals surface area contributed by atoms with Gasteiger partial charge in [-0.05, 0) is 48.4 Å². The van der Waals surface area contributed by atoms with E-state index in [1.54, 1.807) is 42.5 Å². The Kier molecular flexibility index (Phi) is 5.81. The second kappa shape index (κ2) is 9.32. The Hall–Kier alpha value is -4.41. The molecule has 4 heterocycles. The third-order valence-electron chi connectivity index (χ3n) is 7.45. The van der Waals surface area contributed by atoms with Crippen LogP contribution in [0.2, 0.25) is 5.02 Å². The molecule has 0 radical (unpaired) electrons. The number of benzene rings is 3. The maximum absolute atomic E-state index is 14.8. The van der Waals surface area contributed by atoms with Crippen molar-refractivity contribution < 1.29 is 18.4 Å². The molecule has 2 aromatic heterocycles. The van der Waals surface area contributed by atoms with E-state index in [-0.39, 0.29) is 34.0 Å². The minimum atomic E-state index is -1.90. The SMILES string of the molecule is CCCc1nnc(N2C(=O)c3oc4ccc(Cl)cc4c(=O)c3C23C(=O)N(Cc2ccc(F)cc2)c2ccccc23)s1. The largest absolute Gasteiger partial charge is 0.450 e. The molecule has 41 heavy (non-hydrogen) atoms. The van der Waals surface area contributed by atoms with E-state index in [4.69, 9.17) is 16.0 Å². The Bertz CT molecular complexity index is 1960. The van der Waals surface area contributed by atoms with Gasteiger partial charge in [-0.3, -0.25) is 19.3 Å². The topological polar surface area (TPSA) is 96.6 Å². The summed E-state index contributed by atoms with van der Waals surface area (Å²) in [5.74, 6) is -1.83. The van der Waals surface area contributed by atoms with Gasteiger partial charge in [0.2, 0.25) is 10.9 Å². The highest BCUT2D eigenvalue weighted by Gasteiger charge is 2.66. The minimum Gasteiger partial charge on any atom is -0.450 e. The van der Waals surface area contributed by atoms with E-state index >= 15 is 0 Å². The van der Waals surface area contributed by atoms with Crippen LogP contribution in [0.5, 0.6) is 0 Å². The second-order valence-electron chi connectivity index (χ2n) is 9.89. The Morgan fingerprint density at radius 3 is 2.59 bits per heavy atom. The summed E-state index contributed by atoms with van der Waals surface area (Å²) in [5, 5.41) is 9.89. The first-order chi connectivity index (χ1) is 19.8. The summed E-state index contributed by atoms with van der Waals surface area (Å²) in [6.45, 7) is 2.08. The molecule has 0 N–H and O–H groups in total. The number of halogens is 2. The second-order valence-corrected chi connectivity index (χ2v) is 11.4. The standard InChI is InChI=1S/C30H20ClFN4O4S/c1-2-5-23-33-34-29(41-23)36-27(38)26-24(25(37)19-14-17(31)10-13-22(19)40-26)30(36)20-6-3-4-7-21(20)35(28(30)39)15-16-8-11-18(32)12-9-16/h3-4,6-14H,2,5,15H2,1H3. The van der Waals surface area contributed by atoms with Crippen LogP contribution >= 0.6 is 22.9 Å². The van der Waals surface area contributed by atoms with Crippen LogP contribution in [0, 0.1) is 5.82 Å². The molecular formula is C30H20ClFN4O4S. The van der Waals surface area contributed by atoms with Gasteiger partial charge in [-0.15, -0.1) is 10.2 Å². The van der Waals surface area contributed by atoms with Gasteiger partial charge in [0.1, 0.15) is 16.4 Å². The summed E-state index contributed by atoms with van der Waals surface area (Å²) in [6, 6.07) is 17.4. The molecule has 5 aromatic rings. The van der Waals surface area contributed by atoms with Gasteiger partial charge in [0.05, 0.1) is 23.2 Å². The van der Waals surface area contributed by atoms with Gasteiger partial charge in [0.15, 0.2) is 11.0 Å². The summed E-state index contributed by atoms with van der Waals surface area (Å²) in [6.07, 6.45) is 1.45. The van der Waals surface area contributed by atoms with E-state index in [1.807, 2.05) is 6.92 Å². The molecule has 0 fully saturated rings. The summed E-state index contributed by atoms with van der Waals surface area (Å²) in [7, 11) is 0. The highest BCUT2D eigenvalue weighted by molar-refractivity contribution is 7.15. The van der Waals surface area contributed by atoms with Crippen LogP contribution in [0.1, 0.15) is 45.6 Å². The fraction of sp³-hybridized carbons (Fsp3) is 0.167. The lowest BCUT2D eigenvalue weighted by atomic mass is 9.84. The molecule has 1 atom stereocenters. The molecular weight excluding hydrogens is 567 g/mol. The highest BCUT2D eigenvalue weighted by Crippen LogP contribution is 2.54. The number of anilines is 2. The molecule has 0 aliphatic carbocycles. The van der Waals surface area contributed by atoms with Crippen molar-refractivity contribution in [2.24, 2.45) is 0 Å². The average molecular weight is 587 g/mol. The lowest BCUT2D eigenvalue weighted by Crippen LogP contribution is -2.53. The molecule has 2 aliphatic rings. The van der Waals surface area contributed by atoms with Crippen LogP contribution in [0.4, 0.5) is 15.2 Å². The van der Waals surface area contributed by atoms with Gasteiger partial charge >= 0.3 is 0 Å². The zero-order chi connectivity index (χ0) is 28.5. The number of carbonyl (C=O) groups excluding carboxylic acids is 2. The molecule has 0 saturated carbocycles. The fourth-order valence-electron chi connectivity index (χ4n) is 5.71. The number of hydrogen-bond acceptors (Lipinski definition) is 7. The molecule has 8 nitrogen and oxygen atoms in total. The lowest BCUT2D eigenvalue weighted by molar-refractivity contribution is -0.121. The molecule has 7 rings (SSSR count). The number of hydrogen-bond donors (Lipinski definition) is 0. The van der Waals surface area contributed by atoms with Crippen molar-refractivity contribution in [1.29, 1.82) is 0 Å². The van der Waals surface area contributed by atoms with E-state index in [2.05, 4.69) is 10.2 Å². The van der Waals surface area contributed by atoms with Crippen molar-refractivity contribution in [3.63, 3.8) is 0 Å². The first-order valence-corrected chi connectivity index (χ1v) is 14.1. The minimum absolute atomic E-state index is 0.0805.